The van der Waals surface area contributed by atoms with Gasteiger partial charge in [0.05, 0.1) is 11.4 Å². The van der Waals surface area contributed by atoms with Crippen molar-refractivity contribution >= 4 is 11.6 Å². The first-order valence-corrected chi connectivity index (χ1v) is 7.52. The number of hydrogen-bond acceptors (Lipinski definition) is 2. The number of nitrogens with one attached hydrogen (secondary N) is 1. The van der Waals surface area contributed by atoms with Crippen LogP contribution in [0.1, 0.15) is 44.0 Å². The smallest absolute Gasteiger partial charge is 0.0597 e. The zero-order valence-corrected chi connectivity index (χ0v) is 12.3. The van der Waals surface area contributed by atoms with Crippen molar-refractivity contribution in [2.24, 2.45) is 5.41 Å². The molecule has 0 radical (unpaired) electrons. The van der Waals surface area contributed by atoms with Crippen molar-refractivity contribution < 1.29 is 0 Å². The fourth-order valence-electron chi connectivity index (χ4n) is 2.95. The Bertz CT molecular complexity index is 380. The van der Waals surface area contributed by atoms with Crippen LogP contribution in [0.15, 0.2) is 6.07 Å². The summed E-state index contributed by atoms with van der Waals surface area (Å²) in [5, 5.41) is 8.05. The van der Waals surface area contributed by atoms with Crippen LogP contribution in [0.3, 0.4) is 0 Å². The molecule has 1 heterocycles. The lowest BCUT2D eigenvalue weighted by atomic mass is 9.88. The van der Waals surface area contributed by atoms with Gasteiger partial charge in [-0.3, -0.25) is 4.68 Å². The molecule has 1 N–H and O–H groups in total. The molecule has 0 saturated heterocycles. The predicted octanol–water partition coefficient (Wildman–Crippen LogP) is 3.10. The molecule has 1 saturated carbocycles. The zero-order chi connectivity index (χ0) is 13.0. The van der Waals surface area contributed by atoms with Crippen LogP contribution in [-0.4, -0.2) is 22.2 Å². The van der Waals surface area contributed by atoms with E-state index in [1.54, 1.807) is 0 Å². The van der Waals surface area contributed by atoms with Gasteiger partial charge in [-0.1, -0.05) is 12.8 Å². The number of rotatable bonds is 6. The van der Waals surface area contributed by atoms with Gasteiger partial charge < -0.3 is 5.32 Å². The van der Waals surface area contributed by atoms with Crippen LogP contribution < -0.4 is 5.32 Å². The summed E-state index contributed by atoms with van der Waals surface area (Å²) in [6.45, 7) is 7.04. The minimum atomic E-state index is 0.341. The first-order valence-electron chi connectivity index (χ1n) is 6.99. The van der Waals surface area contributed by atoms with Gasteiger partial charge in [0.15, 0.2) is 0 Å². The molecule has 3 nitrogen and oxygen atoms in total. The summed E-state index contributed by atoms with van der Waals surface area (Å²) in [5.74, 6) is 0.784. The van der Waals surface area contributed by atoms with Gasteiger partial charge in [-0.15, -0.1) is 11.6 Å². The first kappa shape index (κ1) is 13.9. The Hall–Kier alpha value is -0.540. The summed E-state index contributed by atoms with van der Waals surface area (Å²) in [5.41, 5.74) is 2.72. The van der Waals surface area contributed by atoms with E-state index in [0.717, 1.165) is 31.2 Å². The van der Waals surface area contributed by atoms with E-state index in [4.69, 9.17) is 11.6 Å². The summed E-state index contributed by atoms with van der Waals surface area (Å²) in [4.78, 5) is 0. The molecule has 1 aromatic heterocycles. The molecule has 1 aromatic rings. The molecule has 0 bridgehead atoms. The van der Waals surface area contributed by atoms with Gasteiger partial charge in [0.25, 0.3) is 0 Å². The van der Waals surface area contributed by atoms with Crippen LogP contribution in [0.2, 0.25) is 0 Å². The van der Waals surface area contributed by atoms with Crippen LogP contribution in [0, 0.1) is 12.3 Å². The third-order valence-electron chi connectivity index (χ3n) is 4.04. The summed E-state index contributed by atoms with van der Waals surface area (Å²) in [7, 11) is 0. The third-order valence-corrected chi connectivity index (χ3v) is 4.61. The molecule has 0 aromatic carbocycles. The highest BCUT2D eigenvalue weighted by Gasteiger charge is 2.32. The average molecular weight is 270 g/mol. The lowest BCUT2D eigenvalue weighted by Crippen LogP contribution is -2.33. The number of alkyl halides is 1. The van der Waals surface area contributed by atoms with Gasteiger partial charge in [0.2, 0.25) is 0 Å². The topological polar surface area (TPSA) is 29.9 Å². The average Bonchev–Trinajstić information content (AvgIpc) is 2.97. The van der Waals surface area contributed by atoms with Crippen LogP contribution in [0.4, 0.5) is 0 Å². The molecule has 1 fully saturated rings. The molecule has 0 aliphatic heterocycles. The van der Waals surface area contributed by atoms with Crippen LogP contribution in [-0.2, 0) is 13.1 Å². The Kier molecular flexibility index (Phi) is 4.68. The highest BCUT2D eigenvalue weighted by atomic mass is 35.5. The van der Waals surface area contributed by atoms with Gasteiger partial charge >= 0.3 is 0 Å². The molecular formula is C14H24ClN3. The molecule has 1 aliphatic rings. The Labute approximate surface area is 115 Å². The van der Waals surface area contributed by atoms with Gasteiger partial charge in [-0.25, -0.2) is 0 Å². The Morgan fingerprint density at radius 2 is 2.17 bits per heavy atom. The molecule has 0 amide bonds. The molecule has 1 aliphatic carbocycles. The predicted molar refractivity (Wildman–Crippen MR) is 76.0 cm³/mol. The fourth-order valence-corrected chi connectivity index (χ4v) is 3.32. The molecule has 102 valence electrons. The first-order chi connectivity index (χ1) is 8.69. The second-order valence-corrected chi connectivity index (χ2v) is 5.80. The number of hydrogen-bond donors (Lipinski definition) is 1. The quantitative estimate of drug-likeness (QED) is 0.805. The molecule has 18 heavy (non-hydrogen) atoms. The molecular weight excluding hydrogens is 246 g/mol. The van der Waals surface area contributed by atoms with E-state index in [1.807, 2.05) is 6.92 Å². The maximum atomic E-state index is 6.15. The standard InChI is InChI=1S/C14H24ClN3/c1-3-18-13(8-12(2)17-18)9-16-11-14(10-15)6-4-5-7-14/h8,16H,3-7,9-11H2,1-2H3. The van der Waals surface area contributed by atoms with E-state index >= 15 is 0 Å². The summed E-state index contributed by atoms with van der Waals surface area (Å²) >= 11 is 6.15. The monoisotopic (exact) mass is 269 g/mol. The van der Waals surface area contributed by atoms with Crippen LogP contribution in [0.25, 0.3) is 0 Å². The van der Waals surface area contributed by atoms with Gasteiger partial charge in [-0.05, 0) is 38.2 Å². The van der Waals surface area contributed by atoms with E-state index in [0.29, 0.717) is 5.41 Å². The SMILES string of the molecule is CCn1nc(C)cc1CNCC1(CCl)CCCC1. The van der Waals surface area contributed by atoms with Gasteiger partial charge in [0, 0.05) is 25.5 Å². The lowest BCUT2D eigenvalue weighted by molar-refractivity contribution is 0.318. The van der Waals surface area contributed by atoms with E-state index < -0.39 is 0 Å². The lowest BCUT2D eigenvalue weighted by Gasteiger charge is -2.26. The van der Waals surface area contributed by atoms with E-state index in [9.17, 15) is 0 Å². The van der Waals surface area contributed by atoms with Crippen molar-refractivity contribution in [3.63, 3.8) is 0 Å². The Morgan fingerprint density at radius 1 is 1.44 bits per heavy atom. The van der Waals surface area contributed by atoms with Crippen molar-refractivity contribution in [3.05, 3.63) is 17.5 Å². The second-order valence-electron chi connectivity index (χ2n) is 5.54. The Morgan fingerprint density at radius 3 is 2.78 bits per heavy atom. The maximum Gasteiger partial charge on any atom is 0.0597 e. The number of nitrogens with zero attached hydrogens (tertiary/aromatic N) is 2. The van der Waals surface area contributed by atoms with Crippen molar-refractivity contribution in [2.75, 3.05) is 12.4 Å². The fraction of sp³-hybridized carbons (Fsp3) is 0.786. The summed E-state index contributed by atoms with van der Waals surface area (Å²) in [6.07, 6.45) is 5.21. The Balaban J connectivity index is 1.87. The second kappa shape index (κ2) is 6.07. The molecule has 2 rings (SSSR count). The van der Waals surface area contributed by atoms with Gasteiger partial charge in [0.1, 0.15) is 0 Å². The van der Waals surface area contributed by atoms with Crippen LogP contribution in [0.5, 0.6) is 0 Å². The zero-order valence-electron chi connectivity index (χ0n) is 11.5. The largest absolute Gasteiger partial charge is 0.311 e. The van der Waals surface area contributed by atoms with Crippen molar-refractivity contribution in [1.82, 2.24) is 15.1 Å². The minimum Gasteiger partial charge on any atom is -0.311 e. The van der Waals surface area contributed by atoms with Crippen molar-refractivity contribution in [3.8, 4) is 0 Å². The van der Waals surface area contributed by atoms with E-state index in [2.05, 4.69) is 28.1 Å². The van der Waals surface area contributed by atoms with Gasteiger partial charge in [-0.2, -0.15) is 5.10 Å². The minimum absolute atomic E-state index is 0.341. The highest BCUT2D eigenvalue weighted by Crippen LogP contribution is 2.38. The summed E-state index contributed by atoms with van der Waals surface area (Å²) in [6, 6.07) is 2.17. The van der Waals surface area contributed by atoms with Crippen molar-refractivity contribution in [1.29, 1.82) is 0 Å². The maximum absolute atomic E-state index is 6.15. The summed E-state index contributed by atoms with van der Waals surface area (Å²) < 4.78 is 2.07. The highest BCUT2D eigenvalue weighted by molar-refractivity contribution is 6.18. The number of halogens is 1. The third kappa shape index (κ3) is 3.07. The molecule has 0 atom stereocenters. The molecule has 0 spiro atoms. The van der Waals surface area contributed by atoms with Crippen LogP contribution >= 0.6 is 11.6 Å². The number of aromatic nitrogens is 2. The molecule has 4 heteroatoms. The normalized spacial score (nSPS) is 18.4. The van der Waals surface area contributed by atoms with E-state index in [1.165, 1.54) is 31.4 Å². The number of aryl methyl sites for hydroxylation is 2. The molecule has 0 unspecified atom stereocenters. The van der Waals surface area contributed by atoms with E-state index in [-0.39, 0.29) is 0 Å². The van der Waals surface area contributed by atoms with Crippen molar-refractivity contribution in [2.45, 2.75) is 52.6 Å².